The van der Waals surface area contributed by atoms with Crippen LogP contribution < -0.4 is 14.9 Å². The molecule has 0 amide bonds. The Bertz CT molecular complexity index is 2060. The number of nitrogens with zero attached hydrogens (tertiary/aromatic N) is 5. The fourth-order valence-corrected chi connectivity index (χ4v) is 7.15. The summed E-state index contributed by atoms with van der Waals surface area (Å²) in [4.78, 5) is 4.57. The fourth-order valence-electron chi connectivity index (χ4n) is 5.74. The van der Waals surface area contributed by atoms with E-state index in [1.165, 1.54) is 4.90 Å². The normalized spacial score (nSPS) is 12.5. The lowest BCUT2D eigenvalue weighted by Crippen LogP contribution is -2.30. The van der Waals surface area contributed by atoms with Crippen molar-refractivity contribution in [3.05, 3.63) is 175 Å². The van der Waals surface area contributed by atoms with Gasteiger partial charge in [-0.1, -0.05) is 84.9 Å². The second-order valence-electron chi connectivity index (χ2n) is 12.7. The van der Waals surface area contributed by atoms with Crippen LogP contribution >= 0.6 is 23.5 Å². The number of anilines is 5. The van der Waals surface area contributed by atoms with Gasteiger partial charge in [-0.2, -0.15) is 10.2 Å². The lowest BCUT2D eigenvalue weighted by atomic mass is 10.1. The predicted octanol–water partition coefficient (Wildman–Crippen LogP) is 10.1. The number of rotatable bonds is 17. The van der Waals surface area contributed by atoms with E-state index in [9.17, 15) is 10.2 Å². The van der Waals surface area contributed by atoms with Crippen molar-refractivity contribution in [2.45, 2.75) is 28.9 Å². The minimum Gasteiger partial charge on any atom is -0.391 e. The van der Waals surface area contributed by atoms with Crippen molar-refractivity contribution in [2.24, 2.45) is 10.2 Å². The highest BCUT2D eigenvalue weighted by atomic mass is 32.2. The molecule has 0 radical (unpaired) electrons. The molecule has 2 N–H and O–H groups in total. The summed E-state index contributed by atoms with van der Waals surface area (Å²) < 4.78 is 0. The maximum Gasteiger partial charge on any atom is 0.0830 e. The molecule has 6 aromatic rings. The zero-order valence-corrected chi connectivity index (χ0v) is 32.1. The highest BCUT2D eigenvalue weighted by molar-refractivity contribution is 7.99. The molecule has 0 fully saturated rings. The number of aliphatic hydroxyl groups excluding tert-OH is 2. The number of benzene rings is 6. The van der Waals surface area contributed by atoms with Crippen LogP contribution in [0.3, 0.4) is 0 Å². The first-order valence-electron chi connectivity index (χ1n) is 17.9. The van der Waals surface area contributed by atoms with Gasteiger partial charge < -0.3 is 15.1 Å². The molecule has 6 aromatic carbocycles. The van der Waals surface area contributed by atoms with Crippen LogP contribution in [0.5, 0.6) is 0 Å². The molecule has 0 heterocycles. The average molecular weight is 752 g/mol. The third-order valence-corrected chi connectivity index (χ3v) is 10.3. The van der Waals surface area contributed by atoms with Gasteiger partial charge in [0.15, 0.2) is 0 Å². The van der Waals surface area contributed by atoms with Crippen molar-refractivity contribution in [1.29, 1.82) is 0 Å². The summed E-state index contributed by atoms with van der Waals surface area (Å²) in [5, 5.41) is 34.4. The van der Waals surface area contributed by atoms with Gasteiger partial charge in [-0.3, -0.25) is 10.0 Å². The molecule has 0 aromatic heterocycles. The van der Waals surface area contributed by atoms with Crippen LogP contribution in [0.15, 0.2) is 184 Å². The Hall–Kier alpha value is -5.32. The summed E-state index contributed by atoms with van der Waals surface area (Å²) in [6.07, 6.45) is 4.62. The van der Waals surface area contributed by atoms with Gasteiger partial charge in [0.2, 0.25) is 0 Å². The molecule has 9 heteroatoms. The van der Waals surface area contributed by atoms with E-state index in [0.29, 0.717) is 18.8 Å². The third-order valence-electron chi connectivity index (χ3n) is 8.42. The molecule has 0 saturated heterocycles. The van der Waals surface area contributed by atoms with E-state index >= 15 is 0 Å². The van der Waals surface area contributed by atoms with E-state index in [-0.39, 0.29) is 0 Å². The minimum atomic E-state index is -0.586. The topological polar surface area (TPSA) is 74.9 Å². The lowest BCUT2D eigenvalue weighted by molar-refractivity contribution is 0.200. The molecule has 0 saturated carbocycles. The van der Waals surface area contributed by atoms with Crippen molar-refractivity contribution in [3.63, 3.8) is 0 Å². The van der Waals surface area contributed by atoms with Gasteiger partial charge in [0, 0.05) is 32.6 Å². The van der Waals surface area contributed by atoms with Crippen LogP contribution in [-0.4, -0.2) is 59.9 Å². The highest BCUT2D eigenvalue weighted by Crippen LogP contribution is 2.34. The first-order chi connectivity index (χ1) is 26.4. The van der Waals surface area contributed by atoms with Crippen LogP contribution in [0.1, 0.15) is 18.1 Å². The number of aliphatic hydroxyl groups is 2. The van der Waals surface area contributed by atoms with E-state index in [4.69, 9.17) is 10.2 Å². The van der Waals surface area contributed by atoms with Crippen LogP contribution in [0.2, 0.25) is 0 Å². The quantitative estimate of drug-likeness (QED) is 0.0546. The smallest absolute Gasteiger partial charge is 0.0830 e. The summed E-state index contributed by atoms with van der Waals surface area (Å²) in [5.74, 6) is 0.559. The zero-order valence-electron chi connectivity index (χ0n) is 30.5. The summed E-state index contributed by atoms with van der Waals surface area (Å²) in [6, 6.07) is 55.1. The Balaban J connectivity index is 1.18. The highest BCUT2D eigenvalue weighted by Gasteiger charge is 2.15. The standard InChI is InChI=1S/C45H45N5O2S2/c1-35(51)32-48(38-13-6-3-7-14-38)46-30-36-21-25-41(26-22-36)50(40-17-10-5-11-18-40)42-27-23-37(24-28-42)31-47-49(39-15-8-4-9-16-39)33-43(52)34-54-45-20-12-19-44(29-45)53-2/h3-31,35,43,51-52H,32-34H2,1-2H3/b46-30+,47-31+. The van der Waals surface area contributed by atoms with Crippen molar-refractivity contribution in [3.8, 4) is 0 Å². The minimum absolute atomic E-state index is 0.362. The maximum atomic E-state index is 11.1. The number of hydrazone groups is 2. The summed E-state index contributed by atoms with van der Waals surface area (Å²) in [6.45, 7) is 2.51. The monoisotopic (exact) mass is 751 g/mol. The molecule has 54 heavy (non-hydrogen) atoms. The molecular weight excluding hydrogens is 707 g/mol. The molecule has 0 aliphatic rings. The second kappa shape index (κ2) is 19.7. The zero-order chi connectivity index (χ0) is 37.5. The Morgan fingerprint density at radius 2 is 0.981 bits per heavy atom. The Labute approximate surface area is 327 Å². The fraction of sp³-hybridized carbons (Fsp3) is 0.156. The molecule has 0 aliphatic heterocycles. The lowest BCUT2D eigenvalue weighted by Gasteiger charge is -2.25. The molecule has 6 rings (SSSR count). The van der Waals surface area contributed by atoms with Gasteiger partial charge >= 0.3 is 0 Å². The van der Waals surface area contributed by atoms with E-state index in [0.717, 1.165) is 44.5 Å². The van der Waals surface area contributed by atoms with Crippen LogP contribution in [-0.2, 0) is 0 Å². The van der Waals surface area contributed by atoms with Crippen molar-refractivity contribution < 1.29 is 10.2 Å². The molecule has 0 aliphatic carbocycles. The van der Waals surface area contributed by atoms with Gasteiger partial charge in [-0.15, -0.1) is 23.5 Å². The van der Waals surface area contributed by atoms with E-state index < -0.39 is 12.2 Å². The van der Waals surface area contributed by atoms with E-state index in [1.807, 2.05) is 113 Å². The molecule has 2 unspecified atom stereocenters. The number of thioether (sulfide) groups is 2. The third kappa shape index (κ3) is 11.1. The predicted molar refractivity (Wildman–Crippen MR) is 231 cm³/mol. The second-order valence-corrected chi connectivity index (χ2v) is 14.6. The maximum absolute atomic E-state index is 11.1. The van der Waals surface area contributed by atoms with Crippen molar-refractivity contribution >= 4 is 64.4 Å². The van der Waals surface area contributed by atoms with Gasteiger partial charge in [-0.25, -0.2) is 0 Å². The summed E-state index contributed by atoms with van der Waals surface area (Å²) in [5.41, 5.74) is 6.77. The Kier molecular flexibility index (Phi) is 14.0. The van der Waals surface area contributed by atoms with Gasteiger partial charge in [0.25, 0.3) is 0 Å². The molecule has 0 bridgehead atoms. The first kappa shape index (κ1) is 38.4. The summed E-state index contributed by atoms with van der Waals surface area (Å²) in [7, 11) is 0. The van der Waals surface area contributed by atoms with Crippen LogP contribution in [0.25, 0.3) is 0 Å². The number of hydrogen-bond acceptors (Lipinski definition) is 9. The molecule has 7 nitrogen and oxygen atoms in total. The molecule has 2 atom stereocenters. The molecule has 0 spiro atoms. The van der Waals surface area contributed by atoms with Gasteiger partial charge in [-0.05, 0) is 103 Å². The number of hydrogen-bond donors (Lipinski definition) is 2. The average Bonchev–Trinajstić information content (AvgIpc) is 3.22. The van der Waals surface area contributed by atoms with Crippen molar-refractivity contribution in [2.75, 3.05) is 40.0 Å². The first-order valence-corrected chi connectivity index (χ1v) is 20.1. The molecule has 274 valence electrons. The van der Waals surface area contributed by atoms with E-state index in [2.05, 4.69) is 84.0 Å². The van der Waals surface area contributed by atoms with Crippen molar-refractivity contribution in [1.82, 2.24) is 0 Å². The van der Waals surface area contributed by atoms with Crippen LogP contribution in [0, 0.1) is 0 Å². The van der Waals surface area contributed by atoms with Gasteiger partial charge in [0.05, 0.1) is 49.1 Å². The van der Waals surface area contributed by atoms with Gasteiger partial charge in [0.1, 0.15) is 0 Å². The summed E-state index contributed by atoms with van der Waals surface area (Å²) >= 11 is 3.37. The number of para-hydroxylation sites is 3. The van der Waals surface area contributed by atoms with Crippen LogP contribution in [0.4, 0.5) is 28.4 Å². The molecular formula is C45H45N5O2S2. The Morgan fingerprint density at radius 1 is 0.537 bits per heavy atom. The SMILES string of the molecule is CSc1cccc(SCC(O)CN(/N=C/c2ccc(N(c3ccccc3)c3ccc(/C=N/N(CC(C)O)c4ccccc4)cc3)cc2)c2ccccc2)c1. The largest absolute Gasteiger partial charge is 0.391 e. The Morgan fingerprint density at radius 3 is 1.46 bits per heavy atom. The van der Waals surface area contributed by atoms with E-state index in [1.54, 1.807) is 30.4 Å².